The highest BCUT2D eigenvalue weighted by molar-refractivity contribution is 9.10. The molecule has 1 aliphatic rings. The van der Waals surface area contributed by atoms with Gasteiger partial charge in [0.2, 0.25) is 5.91 Å². The lowest BCUT2D eigenvalue weighted by atomic mass is 10.1. The molecule has 0 unspecified atom stereocenters. The first-order valence-electron chi connectivity index (χ1n) is 7.64. The number of carbonyl (C=O) groups is 1. The van der Waals surface area contributed by atoms with Crippen molar-refractivity contribution in [1.29, 1.82) is 0 Å². The summed E-state index contributed by atoms with van der Waals surface area (Å²) >= 11 is 3.44. The Morgan fingerprint density at radius 1 is 1.42 bits per heavy atom. The van der Waals surface area contributed by atoms with Gasteiger partial charge in [-0.25, -0.2) is 4.98 Å². The van der Waals surface area contributed by atoms with Crippen molar-refractivity contribution in [2.75, 3.05) is 13.7 Å². The maximum atomic E-state index is 12.7. The minimum atomic E-state index is -0.0507. The van der Waals surface area contributed by atoms with E-state index >= 15 is 0 Å². The topological polar surface area (TPSA) is 64.4 Å². The van der Waals surface area contributed by atoms with Gasteiger partial charge >= 0.3 is 0 Å². The van der Waals surface area contributed by atoms with Crippen LogP contribution in [0.1, 0.15) is 23.7 Å². The number of benzene rings is 1. The van der Waals surface area contributed by atoms with Crippen molar-refractivity contribution in [3.63, 3.8) is 0 Å². The fraction of sp³-hybridized carbons (Fsp3) is 0.353. The van der Waals surface area contributed by atoms with Crippen LogP contribution in [0.2, 0.25) is 0 Å². The lowest BCUT2D eigenvalue weighted by molar-refractivity contribution is -0.129. The first-order chi connectivity index (χ1) is 11.5. The summed E-state index contributed by atoms with van der Waals surface area (Å²) in [5.41, 5.74) is 2.24. The van der Waals surface area contributed by atoms with Crippen molar-refractivity contribution in [3.8, 4) is 5.75 Å². The Morgan fingerprint density at radius 3 is 2.92 bits per heavy atom. The molecule has 1 aromatic carbocycles. The molecule has 0 spiro atoms. The van der Waals surface area contributed by atoms with E-state index in [9.17, 15) is 9.59 Å². The normalized spacial score (nSPS) is 13.5. The fourth-order valence-corrected chi connectivity index (χ4v) is 3.30. The molecule has 0 aliphatic carbocycles. The van der Waals surface area contributed by atoms with Crippen LogP contribution >= 0.6 is 15.9 Å². The third kappa shape index (κ3) is 3.21. The first-order valence-corrected chi connectivity index (χ1v) is 8.44. The van der Waals surface area contributed by atoms with E-state index in [0.29, 0.717) is 37.3 Å². The van der Waals surface area contributed by atoms with Crippen molar-refractivity contribution in [3.05, 3.63) is 56.2 Å². The van der Waals surface area contributed by atoms with Gasteiger partial charge in [0.05, 0.1) is 32.2 Å². The van der Waals surface area contributed by atoms with Crippen LogP contribution in [0, 0.1) is 0 Å². The molecule has 2 heterocycles. The van der Waals surface area contributed by atoms with Crippen molar-refractivity contribution >= 4 is 21.8 Å². The Hall–Kier alpha value is -2.15. The smallest absolute Gasteiger partial charge is 0.257 e. The first kappa shape index (κ1) is 16.7. The van der Waals surface area contributed by atoms with E-state index in [1.54, 1.807) is 22.9 Å². The number of carbonyl (C=O) groups excluding carboxylic acids is 1. The van der Waals surface area contributed by atoms with Crippen LogP contribution in [0.4, 0.5) is 0 Å². The van der Waals surface area contributed by atoms with Gasteiger partial charge < -0.3 is 9.64 Å². The third-order valence-corrected chi connectivity index (χ3v) is 4.71. The van der Waals surface area contributed by atoms with Crippen molar-refractivity contribution < 1.29 is 9.53 Å². The molecule has 1 aliphatic heterocycles. The summed E-state index contributed by atoms with van der Waals surface area (Å²) in [7, 11) is 1.61. The molecule has 1 amide bonds. The lowest BCUT2D eigenvalue weighted by Gasteiger charge is -2.27. The molecule has 126 valence electrons. The number of amides is 1. The Morgan fingerprint density at radius 2 is 2.21 bits per heavy atom. The molecule has 24 heavy (non-hydrogen) atoms. The van der Waals surface area contributed by atoms with Gasteiger partial charge in [0.25, 0.3) is 5.56 Å². The molecular weight excluding hydrogens is 374 g/mol. The molecule has 0 saturated heterocycles. The molecule has 3 rings (SSSR count). The van der Waals surface area contributed by atoms with E-state index in [1.165, 1.54) is 6.92 Å². The highest BCUT2D eigenvalue weighted by atomic mass is 79.9. The highest BCUT2D eigenvalue weighted by Gasteiger charge is 2.22. The van der Waals surface area contributed by atoms with E-state index in [0.717, 1.165) is 15.8 Å². The van der Waals surface area contributed by atoms with Crippen molar-refractivity contribution in [1.82, 2.24) is 14.5 Å². The standard InChI is InChI=1S/C17H18BrN3O3/c1-11(22)20-6-5-14-15(9-20)19-10-21(17(14)23)8-12-7-13(18)3-4-16(12)24-2/h3-4,7,10H,5-6,8-9H2,1-2H3. The van der Waals surface area contributed by atoms with Gasteiger partial charge in [-0.1, -0.05) is 15.9 Å². The van der Waals surface area contributed by atoms with Gasteiger partial charge in [0, 0.05) is 29.1 Å². The average molecular weight is 392 g/mol. The fourth-order valence-electron chi connectivity index (χ4n) is 2.90. The van der Waals surface area contributed by atoms with Gasteiger partial charge in [-0.3, -0.25) is 14.2 Å². The highest BCUT2D eigenvalue weighted by Crippen LogP contribution is 2.23. The number of aromatic nitrogens is 2. The van der Waals surface area contributed by atoms with E-state index in [2.05, 4.69) is 20.9 Å². The second kappa shape index (κ2) is 6.76. The molecule has 0 radical (unpaired) electrons. The average Bonchev–Trinajstić information content (AvgIpc) is 2.57. The predicted molar refractivity (Wildman–Crippen MR) is 93.1 cm³/mol. The summed E-state index contributed by atoms with van der Waals surface area (Å²) in [6, 6.07) is 5.69. The van der Waals surface area contributed by atoms with Crippen LogP contribution in [0.3, 0.4) is 0 Å². The number of hydrogen-bond donors (Lipinski definition) is 0. The van der Waals surface area contributed by atoms with Crippen molar-refractivity contribution in [2.45, 2.75) is 26.4 Å². The number of ether oxygens (including phenoxy) is 1. The molecule has 1 aromatic heterocycles. The molecule has 6 nitrogen and oxygen atoms in total. The minimum absolute atomic E-state index is 0.00509. The molecular formula is C17H18BrN3O3. The van der Waals surface area contributed by atoms with Crippen molar-refractivity contribution in [2.24, 2.45) is 0 Å². The van der Waals surface area contributed by atoms with Crippen LogP contribution in [0.15, 0.2) is 33.8 Å². The Bertz CT molecular complexity index is 847. The van der Waals surface area contributed by atoms with Crippen LogP contribution < -0.4 is 10.3 Å². The van der Waals surface area contributed by atoms with Gasteiger partial charge in [-0.2, -0.15) is 0 Å². The Balaban J connectivity index is 1.93. The molecule has 2 aromatic rings. The summed E-state index contributed by atoms with van der Waals surface area (Å²) in [4.78, 5) is 30.4. The largest absolute Gasteiger partial charge is 0.496 e. The number of hydrogen-bond acceptors (Lipinski definition) is 4. The predicted octanol–water partition coefficient (Wildman–Crippen LogP) is 1.97. The Kier molecular flexibility index (Phi) is 4.71. The summed E-state index contributed by atoms with van der Waals surface area (Å²) in [6.07, 6.45) is 2.09. The Labute approximate surface area is 148 Å². The molecule has 0 saturated carbocycles. The number of halogens is 1. The summed E-state index contributed by atoms with van der Waals surface area (Å²) in [5, 5.41) is 0. The van der Waals surface area contributed by atoms with Crippen LogP contribution in [0.25, 0.3) is 0 Å². The maximum Gasteiger partial charge on any atom is 0.257 e. The summed E-state index contributed by atoms with van der Waals surface area (Å²) < 4.78 is 7.88. The zero-order chi connectivity index (χ0) is 17.3. The zero-order valence-corrected chi connectivity index (χ0v) is 15.2. The molecule has 0 N–H and O–H groups in total. The van der Waals surface area contributed by atoms with E-state index in [-0.39, 0.29) is 11.5 Å². The number of methoxy groups -OCH3 is 1. The zero-order valence-electron chi connectivity index (χ0n) is 13.6. The SMILES string of the molecule is COc1ccc(Br)cc1Cn1cnc2c(c1=O)CCN(C(C)=O)C2. The van der Waals surface area contributed by atoms with E-state index in [4.69, 9.17) is 4.74 Å². The number of nitrogens with zero attached hydrogens (tertiary/aromatic N) is 3. The van der Waals surface area contributed by atoms with E-state index < -0.39 is 0 Å². The monoisotopic (exact) mass is 391 g/mol. The second-order valence-electron chi connectivity index (χ2n) is 5.75. The maximum absolute atomic E-state index is 12.7. The van der Waals surface area contributed by atoms with E-state index in [1.807, 2.05) is 18.2 Å². The van der Waals surface area contributed by atoms with Gasteiger partial charge in [-0.05, 0) is 24.6 Å². The van der Waals surface area contributed by atoms with Crippen LogP contribution in [0.5, 0.6) is 5.75 Å². The molecule has 0 bridgehead atoms. The van der Waals surface area contributed by atoms with Gasteiger partial charge in [-0.15, -0.1) is 0 Å². The van der Waals surface area contributed by atoms with Crippen LogP contribution in [-0.2, 0) is 24.3 Å². The van der Waals surface area contributed by atoms with Gasteiger partial charge in [0.1, 0.15) is 5.75 Å². The lowest BCUT2D eigenvalue weighted by Crippen LogP contribution is -2.39. The quantitative estimate of drug-likeness (QED) is 0.801. The summed E-state index contributed by atoms with van der Waals surface area (Å²) in [5.74, 6) is 0.732. The molecule has 0 fully saturated rings. The van der Waals surface area contributed by atoms with Gasteiger partial charge in [0.15, 0.2) is 0 Å². The van der Waals surface area contributed by atoms with Crippen LogP contribution in [-0.4, -0.2) is 34.0 Å². The second-order valence-corrected chi connectivity index (χ2v) is 6.67. The summed E-state index contributed by atoms with van der Waals surface area (Å²) in [6.45, 7) is 2.88. The molecule has 0 atom stereocenters. The molecule has 7 heteroatoms. The number of fused-ring (bicyclic) bond motifs is 1. The third-order valence-electron chi connectivity index (χ3n) is 4.22. The number of rotatable bonds is 3. The minimum Gasteiger partial charge on any atom is -0.496 e.